The molecular weight excluding hydrogens is 196 g/mol. The summed E-state index contributed by atoms with van der Waals surface area (Å²) in [6.07, 6.45) is 9.52. The molecule has 84 valence electrons. The Morgan fingerprint density at radius 1 is 1.50 bits per heavy atom. The van der Waals surface area contributed by atoms with Crippen LogP contribution in [0.4, 0.5) is 0 Å². The van der Waals surface area contributed by atoms with E-state index >= 15 is 0 Å². The second-order valence-electron chi connectivity index (χ2n) is 4.75. The quantitative estimate of drug-likeness (QED) is 0.606. The molecule has 1 atom stereocenters. The van der Waals surface area contributed by atoms with Gasteiger partial charge in [-0.1, -0.05) is 23.8 Å². The Hall–Kier alpha value is -1.26. The van der Waals surface area contributed by atoms with Crippen molar-refractivity contribution in [3.8, 4) is 12.3 Å². The normalized spacial score (nSPS) is 22.8. The molecule has 1 aliphatic carbocycles. The lowest BCUT2D eigenvalue weighted by Gasteiger charge is -2.24. The molecule has 1 aromatic rings. The lowest BCUT2D eigenvalue weighted by atomic mass is 9.89. The third-order valence-corrected chi connectivity index (χ3v) is 3.49. The maximum atomic E-state index is 10.6. The van der Waals surface area contributed by atoms with E-state index in [0.29, 0.717) is 0 Å². The van der Waals surface area contributed by atoms with Gasteiger partial charge in [-0.05, 0) is 43.7 Å². The number of terminal acetylenes is 1. The van der Waals surface area contributed by atoms with Gasteiger partial charge >= 0.3 is 0 Å². The summed E-state index contributed by atoms with van der Waals surface area (Å²) in [6, 6.07) is 6.38. The fourth-order valence-electron chi connectivity index (χ4n) is 2.56. The number of aryl methyl sites for hydroxylation is 2. The molecule has 0 saturated carbocycles. The second kappa shape index (κ2) is 4.31. The van der Waals surface area contributed by atoms with E-state index in [4.69, 9.17) is 6.42 Å². The van der Waals surface area contributed by atoms with Crippen LogP contribution in [0.25, 0.3) is 0 Å². The Morgan fingerprint density at radius 3 is 3.06 bits per heavy atom. The molecule has 1 N–H and O–H groups in total. The fourth-order valence-corrected chi connectivity index (χ4v) is 2.56. The third-order valence-electron chi connectivity index (χ3n) is 3.49. The van der Waals surface area contributed by atoms with Crippen molar-refractivity contribution in [3.05, 3.63) is 34.9 Å². The molecule has 0 heterocycles. The molecule has 1 aromatic carbocycles. The molecule has 1 unspecified atom stereocenters. The van der Waals surface area contributed by atoms with Gasteiger partial charge in [0.15, 0.2) is 0 Å². The molecule has 0 radical (unpaired) electrons. The minimum Gasteiger partial charge on any atom is -0.385 e. The van der Waals surface area contributed by atoms with E-state index in [1.807, 2.05) is 0 Å². The zero-order valence-electron chi connectivity index (χ0n) is 9.79. The van der Waals surface area contributed by atoms with Crippen molar-refractivity contribution in [3.63, 3.8) is 0 Å². The van der Waals surface area contributed by atoms with Crippen LogP contribution in [0.2, 0.25) is 0 Å². The van der Waals surface area contributed by atoms with Gasteiger partial charge in [-0.15, -0.1) is 12.3 Å². The van der Waals surface area contributed by atoms with Gasteiger partial charge in [0.05, 0.1) is 5.60 Å². The molecular formula is C15H18O. The summed E-state index contributed by atoms with van der Waals surface area (Å²) < 4.78 is 0. The van der Waals surface area contributed by atoms with Crippen LogP contribution in [0, 0.1) is 19.3 Å². The first-order valence-electron chi connectivity index (χ1n) is 5.91. The largest absolute Gasteiger partial charge is 0.385 e. The van der Waals surface area contributed by atoms with E-state index in [1.165, 1.54) is 11.1 Å². The number of rotatable bonds is 3. The minimum atomic E-state index is -0.627. The van der Waals surface area contributed by atoms with Gasteiger partial charge in [-0.25, -0.2) is 0 Å². The number of aliphatic hydroxyl groups is 1. The number of unbranched alkanes of at least 4 members (excludes halogenated alkanes) is 1. The second-order valence-corrected chi connectivity index (χ2v) is 4.75. The van der Waals surface area contributed by atoms with Crippen molar-refractivity contribution in [1.82, 2.24) is 0 Å². The van der Waals surface area contributed by atoms with Gasteiger partial charge < -0.3 is 5.11 Å². The average molecular weight is 214 g/mol. The van der Waals surface area contributed by atoms with E-state index in [9.17, 15) is 5.11 Å². The lowest BCUT2D eigenvalue weighted by Crippen LogP contribution is -2.22. The Kier molecular flexibility index (Phi) is 3.03. The zero-order valence-corrected chi connectivity index (χ0v) is 9.79. The number of fused-ring (bicyclic) bond motifs is 1. The molecule has 0 spiro atoms. The van der Waals surface area contributed by atoms with Gasteiger partial charge in [-0.2, -0.15) is 0 Å². The first kappa shape index (κ1) is 11.2. The van der Waals surface area contributed by atoms with Crippen molar-refractivity contribution in [2.45, 2.75) is 44.6 Å². The molecule has 0 saturated heterocycles. The van der Waals surface area contributed by atoms with Crippen LogP contribution in [-0.2, 0) is 12.0 Å². The smallest absolute Gasteiger partial charge is 0.0902 e. The van der Waals surface area contributed by atoms with Crippen molar-refractivity contribution >= 4 is 0 Å². The van der Waals surface area contributed by atoms with Gasteiger partial charge in [-0.3, -0.25) is 0 Å². The van der Waals surface area contributed by atoms with Gasteiger partial charge in [0, 0.05) is 6.42 Å². The van der Waals surface area contributed by atoms with Crippen LogP contribution >= 0.6 is 0 Å². The highest BCUT2D eigenvalue weighted by atomic mass is 16.3. The van der Waals surface area contributed by atoms with Gasteiger partial charge in [0.2, 0.25) is 0 Å². The SMILES string of the molecule is C#CCCCC1(O)CCc2ccc(C)cc21. The van der Waals surface area contributed by atoms with E-state index in [1.54, 1.807) is 0 Å². The molecule has 1 nitrogen and oxygen atoms in total. The molecule has 1 aliphatic rings. The standard InChI is InChI=1S/C15H18O/c1-3-4-5-9-15(16)10-8-13-7-6-12(2)11-14(13)15/h1,6-7,11,16H,4-5,8-10H2,2H3. The highest BCUT2D eigenvalue weighted by molar-refractivity contribution is 5.39. The van der Waals surface area contributed by atoms with E-state index in [2.05, 4.69) is 31.0 Å². The predicted molar refractivity (Wildman–Crippen MR) is 66.1 cm³/mol. The predicted octanol–water partition coefficient (Wildman–Crippen LogP) is 2.93. The van der Waals surface area contributed by atoms with Crippen LogP contribution in [-0.4, -0.2) is 5.11 Å². The summed E-state index contributed by atoms with van der Waals surface area (Å²) >= 11 is 0. The topological polar surface area (TPSA) is 20.2 Å². The van der Waals surface area contributed by atoms with E-state index < -0.39 is 5.60 Å². The highest BCUT2D eigenvalue weighted by Gasteiger charge is 2.35. The molecule has 0 bridgehead atoms. The summed E-state index contributed by atoms with van der Waals surface area (Å²) in [5, 5.41) is 10.6. The van der Waals surface area contributed by atoms with Crippen molar-refractivity contribution < 1.29 is 5.11 Å². The highest BCUT2D eigenvalue weighted by Crippen LogP contribution is 2.40. The fraction of sp³-hybridized carbons (Fsp3) is 0.467. The lowest BCUT2D eigenvalue weighted by molar-refractivity contribution is 0.0278. The summed E-state index contributed by atoms with van der Waals surface area (Å²) in [4.78, 5) is 0. The van der Waals surface area contributed by atoms with E-state index in [0.717, 1.165) is 37.7 Å². The number of benzene rings is 1. The average Bonchev–Trinajstić information content (AvgIpc) is 2.58. The maximum Gasteiger partial charge on any atom is 0.0902 e. The zero-order chi connectivity index (χ0) is 11.6. The molecule has 0 aliphatic heterocycles. The van der Waals surface area contributed by atoms with Crippen LogP contribution in [0.15, 0.2) is 18.2 Å². The molecule has 16 heavy (non-hydrogen) atoms. The summed E-state index contributed by atoms with van der Waals surface area (Å²) in [6.45, 7) is 2.07. The van der Waals surface area contributed by atoms with Crippen molar-refractivity contribution in [2.75, 3.05) is 0 Å². The monoisotopic (exact) mass is 214 g/mol. The van der Waals surface area contributed by atoms with E-state index in [-0.39, 0.29) is 0 Å². The Morgan fingerprint density at radius 2 is 2.31 bits per heavy atom. The molecule has 2 rings (SSSR count). The Labute approximate surface area is 97.5 Å². The third kappa shape index (κ3) is 1.99. The van der Waals surface area contributed by atoms with Crippen molar-refractivity contribution in [2.24, 2.45) is 0 Å². The first-order valence-corrected chi connectivity index (χ1v) is 5.91. The van der Waals surface area contributed by atoms with Gasteiger partial charge in [0.25, 0.3) is 0 Å². The minimum absolute atomic E-state index is 0.627. The number of hydrogen-bond donors (Lipinski definition) is 1. The molecule has 0 amide bonds. The van der Waals surface area contributed by atoms with Crippen molar-refractivity contribution in [1.29, 1.82) is 0 Å². The summed E-state index contributed by atoms with van der Waals surface area (Å²) in [7, 11) is 0. The van der Waals surface area contributed by atoms with Crippen LogP contribution in [0.5, 0.6) is 0 Å². The molecule has 0 aromatic heterocycles. The number of hydrogen-bond acceptors (Lipinski definition) is 1. The Balaban J connectivity index is 2.21. The molecule has 1 heteroatoms. The van der Waals surface area contributed by atoms with Gasteiger partial charge in [0.1, 0.15) is 0 Å². The van der Waals surface area contributed by atoms with Crippen LogP contribution in [0.1, 0.15) is 42.4 Å². The Bertz CT molecular complexity index is 428. The van der Waals surface area contributed by atoms with Crippen LogP contribution < -0.4 is 0 Å². The maximum absolute atomic E-state index is 10.6. The molecule has 0 fully saturated rings. The van der Waals surface area contributed by atoms with Crippen LogP contribution in [0.3, 0.4) is 0 Å². The first-order chi connectivity index (χ1) is 7.65. The summed E-state index contributed by atoms with van der Waals surface area (Å²) in [5.41, 5.74) is 3.02. The summed E-state index contributed by atoms with van der Waals surface area (Å²) in [5.74, 6) is 2.63.